The average Bonchev–Trinajstić information content (AvgIpc) is 2.03. The highest BCUT2D eigenvalue weighted by atomic mass is 32.2. The second-order valence-corrected chi connectivity index (χ2v) is 4.91. The minimum atomic E-state index is 0.728. The van der Waals surface area contributed by atoms with Crippen LogP contribution in [0.25, 0.3) is 0 Å². The van der Waals surface area contributed by atoms with Crippen molar-refractivity contribution in [3.05, 3.63) is 35.4 Å². The van der Waals surface area contributed by atoms with Crippen molar-refractivity contribution in [2.24, 2.45) is 0 Å². The van der Waals surface area contributed by atoms with E-state index in [1.807, 2.05) is 11.8 Å². The predicted molar refractivity (Wildman–Crippen MR) is 57.6 cm³/mol. The standard InChI is InChI=1S/C11H16S/c1-9(2)12-8-11-6-4-10(3)5-7-11/h4-7,9H,8H2,1-3H3. The Morgan fingerprint density at radius 1 is 1.17 bits per heavy atom. The lowest BCUT2D eigenvalue weighted by Gasteiger charge is -2.04. The molecule has 0 fully saturated rings. The number of hydrogen-bond donors (Lipinski definition) is 0. The highest BCUT2D eigenvalue weighted by molar-refractivity contribution is 7.99. The van der Waals surface area contributed by atoms with Gasteiger partial charge in [0.2, 0.25) is 0 Å². The summed E-state index contributed by atoms with van der Waals surface area (Å²) in [4.78, 5) is 0. The monoisotopic (exact) mass is 180 g/mol. The summed E-state index contributed by atoms with van der Waals surface area (Å²) in [7, 11) is 0. The first-order chi connectivity index (χ1) is 5.68. The van der Waals surface area contributed by atoms with E-state index >= 15 is 0 Å². The summed E-state index contributed by atoms with van der Waals surface area (Å²) < 4.78 is 0. The molecule has 0 bridgehead atoms. The van der Waals surface area contributed by atoms with Crippen LogP contribution in [0.4, 0.5) is 0 Å². The minimum Gasteiger partial charge on any atom is -0.154 e. The molecule has 0 aliphatic carbocycles. The van der Waals surface area contributed by atoms with E-state index in [2.05, 4.69) is 45.0 Å². The summed E-state index contributed by atoms with van der Waals surface area (Å²) in [6, 6.07) is 8.78. The summed E-state index contributed by atoms with van der Waals surface area (Å²) in [5, 5.41) is 0.728. The van der Waals surface area contributed by atoms with Crippen LogP contribution in [0.15, 0.2) is 24.3 Å². The van der Waals surface area contributed by atoms with Gasteiger partial charge in [0.1, 0.15) is 0 Å². The Balaban J connectivity index is 2.48. The molecule has 0 nitrogen and oxygen atoms in total. The maximum absolute atomic E-state index is 2.23. The Morgan fingerprint density at radius 3 is 2.25 bits per heavy atom. The molecule has 0 spiro atoms. The van der Waals surface area contributed by atoms with Crippen LogP contribution in [-0.4, -0.2) is 5.25 Å². The lowest BCUT2D eigenvalue weighted by atomic mass is 10.2. The minimum absolute atomic E-state index is 0.728. The van der Waals surface area contributed by atoms with Crippen LogP contribution in [0, 0.1) is 6.92 Å². The molecule has 0 amide bonds. The third-order valence-corrected chi connectivity index (χ3v) is 2.87. The number of rotatable bonds is 3. The smallest absolute Gasteiger partial charge is 0.0187 e. The second-order valence-electron chi connectivity index (χ2n) is 3.35. The Hall–Kier alpha value is -0.430. The summed E-state index contributed by atoms with van der Waals surface area (Å²) >= 11 is 1.99. The van der Waals surface area contributed by atoms with Gasteiger partial charge in [0, 0.05) is 5.75 Å². The molecule has 0 saturated heterocycles. The predicted octanol–water partition coefficient (Wildman–Crippen LogP) is 3.64. The van der Waals surface area contributed by atoms with Crippen LogP contribution in [-0.2, 0) is 5.75 Å². The summed E-state index contributed by atoms with van der Waals surface area (Å²) in [6.07, 6.45) is 0. The van der Waals surface area contributed by atoms with Gasteiger partial charge in [-0.2, -0.15) is 11.8 Å². The van der Waals surface area contributed by atoms with Crippen molar-refractivity contribution in [1.29, 1.82) is 0 Å². The van der Waals surface area contributed by atoms with E-state index in [4.69, 9.17) is 0 Å². The summed E-state index contributed by atoms with van der Waals surface area (Å²) in [5.74, 6) is 1.14. The molecular weight excluding hydrogens is 164 g/mol. The Kier molecular flexibility index (Phi) is 3.67. The molecule has 0 N–H and O–H groups in total. The van der Waals surface area contributed by atoms with Crippen LogP contribution >= 0.6 is 11.8 Å². The van der Waals surface area contributed by atoms with Gasteiger partial charge in [-0.3, -0.25) is 0 Å². The van der Waals surface area contributed by atoms with Crippen LogP contribution < -0.4 is 0 Å². The van der Waals surface area contributed by atoms with Crippen molar-refractivity contribution in [1.82, 2.24) is 0 Å². The molecular formula is C11H16S. The zero-order valence-electron chi connectivity index (χ0n) is 8.00. The molecule has 0 aromatic heterocycles. The van der Waals surface area contributed by atoms with Gasteiger partial charge in [0.05, 0.1) is 0 Å². The van der Waals surface area contributed by atoms with Gasteiger partial charge >= 0.3 is 0 Å². The number of thioether (sulfide) groups is 1. The van der Waals surface area contributed by atoms with Gasteiger partial charge in [-0.1, -0.05) is 43.7 Å². The Labute approximate surface area is 79.4 Å². The molecule has 0 unspecified atom stereocenters. The molecule has 0 saturated carbocycles. The average molecular weight is 180 g/mol. The van der Waals surface area contributed by atoms with Gasteiger partial charge in [0.25, 0.3) is 0 Å². The molecule has 0 heterocycles. The van der Waals surface area contributed by atoms with E-state index < -0.39 is 0 Å². The lowest BCUT2D eigenvalue weighted by molar-refractivity contribution is 1.11. The SMILES string of the molecule is Cc1ccc(CSC(C)C)cc1. The maximum atomic E-state index is 2.23. The molecule has 1 rings (SSSR count). The van der Waals surface area contributed by atoms with Crippen LogP contribution in [0.2, 0.25) is 0 Å². The molecule has 1 aromatic carbocycles. The fourth-order valence-electron chi connectivity index (χ4n) is 0.947. The Morgan fingerprint density at radius 2 is 1.75 bits per heavy atom. The molecule has 0 radical (unpaired) electrons. The molecule has 1 aromatic rings. The van der Waals surface area contributed by atoms with E-state index in [1.165, 1.54) is 11.1 Å². The first-order valence-electron chi connectivity index (χ1n) is 4.35. The van der Waals surface area contributed by atoms with Gasteiger partial charge in [-0.15, -0.1) is 0 Å². The first kappa shape index (κ1) is 9.66. The fourth-order valence-corrected chi connectivity index (χ4v) is 1.67. The van der Waals surface area contributed by atoms with Gasteiger partial charge < -0.3 is 0 Å². The molecule has 0 aliphatic rings. The van der Waals surface area contributed by atoms with Gasteiger partial charge in [-0.25, -0.2) is 0 Å². The van der Waals surface area contributed by atoms with Gasteiger partial charge in [-0.05, 0) is 17.7 Å². The highest BCUT2D eigenvalue weighted by Crippen LogP contribution is 2.16. The van der Waals surface area contributed by atoms with Crippen molar-refractivity contribution in [3.8, 4) is 0 Å². The zero-order chi connectivity index (χ0) is 8.97. The Bertz CT molecular complexity index is 223. The summed E-state index contributed by atoms with van der Waals surface area (Å²) in [6.45, 7) is 6.59. The van der Waals surface area contributed by atoms with E-state index in [-0.39, 0.29) is 0 Å². The highest BCUT2D eigenvalue weighted by Gasteiger charge is 1.95. The molecule has 66 valence electrons. The molecule has 0 atom stereocenters. The fraction of sp³-hybridized carbons (Fsp3) is 0.455. The molecule has 1 heteroatoms. The number of hydrogen-bond acceptors (Lipinski definition) is 1. The van der Waals surface area contributed by atoms with Crippen LogP contribution in [0.1, 0.15) is 25.0 Å². The normalized spacial score (nSPS) is 10.7. The van der Waals surface area contributed by atoms with Crippen LogP contribution in [0.5, 0.6) is 0 Å². The number of aryl methyl sites for hydroxylation is 1. The van der Waals surface area contributed by atoms with Crippen molar-refractivity contribution in [2.75, 3.05) is 0 Å². The summed E-state index contributed by atoms with van der Waals surface area (Å²) in [5.41, 5.74) is 2.77. The second kappa shape index (κ2) is 4.56. The van der Waals surface area contributed by atoms with Crippen molar-refractivity contribution in [3.63, 3.8) is 0 Å². The number of benzene rings is 1. The van der Waals surface area contributed by atoms with Crippen molar-refractivity contribution >= 4 is 11.8 Å². The van der Waals surface area contributed by atoms with Crippen molar-refractivity contribution < 1.29 is 0 Å². The largest absolute Gasteiger partial charge is 0.154 e. The van der Waals surface area contributed by atoms with Gasteiger partial charge in [0.15, 0.2) is 0 Å². The van der Waals surface area contributed by atoms with Crippen molar-refractivity contribution in [2.45, 2.75) is 31.8 Å². The maximum Gasteiger partial charge on any atom is 0.0187 e. The molecule has 0 aliphatic heterocycles. The lowest BCUT2D eigenvalue weighted by Crippen LogP contribution is -1.88. The van der Waals surface area contributed by atoms with E-state index in [1.54, 1.807) is 0 Å². The third kappa shape index (κ3) is 3.31. The topological polar surface area (TPSA) is 0 Å². The quantitative estimate of drug-likeness (QED) is 0.684. The molecule has 12 heavy (non-hydrogen) atoms. The zero-order valence-corrected chi connectivity index (χ0v) is 8.82. The van der Waals surface area contributed by atoms with E-state index in [0.717, 1.165) is 11.0 Å². The first-order valence-corrected chi connectivity index (χ1v) is 5.40. The van der Waals surface area contributed by atoms with Crippen LogP contribution in [0.3, 0.4) is 0 Å². The van der Waals surface area contributed by atoms with E-state index in [0.29, 0.717) is 0 Å². The van der Waals surface area contributed by atoms with E-state index in [9.17, 15) is 0 Å². The third-order valence-electron chi connectivity index (χ3n) is 1.70.